The highest BCUT2D eigenvalue weighted by Gasteiger charge is 1.98. The molecule has 4 nitrogen and oxygen atoms in total. The van der Waals surface area contributed by atoms with Crippen LogP contribution in [-0.4, -0.2) is 16.7 Å². The van der Waals surface area contributed by atoms with Crippen LogP contribution in [0.1, 0.15) is 5.69 Å². The van der Waals surface area contributed by atoms with E-state index < -0.39 is 0 Å². The number of rotatable bonds is 4. The van der Waals surface area contributed by atoms with Gasteiger partial charge in [-0.2, -0.15) is 0 Å². The third-order valence-electron chi connectivity index (χ3n) is 1.85. The van der Waals surface area contributed by atoms with Crippen LogP contribution in [0.4, 0.5) is 0 Å². The van der Waals surface area contributed by atoms with Crippen molar-refractivity contribution in [3.05, 3.63) is 35.3 Å². The van der Waals surface area contributed by atoms with Crippen molar-refractivity contribution in [2.75, 3.05) is 7.11 Å². The van der Waals surface area contributed by atoms with Crippen LogP contribution in [0, 0.1) is 0 Å². The standard InChI is InChI=1S/C10H10N2O2S/c1-13-9-2-4-10(5-3-9)14-6-8-7-15-12-11-8/h2-5,7H,6H2,1H3. The average molecular weight is 222 g/mol. The summed E-state index contributed by atoms with van der Waals surface area (Å²) in [6.07, 6.45) is 0. The summed E-state index contributed by atoms with van der Waals surface area (Å²) in [4.78, 5) is 0. The van der Waals surface area contributed by atoms with Crippen LogP contribution in [0.5, 0.6) is 11.5 Å². The minimum absolute atomic E-state index is 0.447. The summed E-state index contributed by atoms with van der Waals surface area (Å²) in [7, 11) is 1.64. The maximum absolute atomic E-state index is 5.50. The van der Waals surface area contributed by atoms with Gasteiger partial charge >= 0.3 is 0 Å². The first kappa shape index (κ1) is 9.92. The molecule has 0 spiro atoms. The quantitative estimate of drug-likeness (QED) is 0.794. The lowest BCUT2D eigenvalue weighted by Crippen LogP contribution is -1.95. The predicted octanol–water partition coefficient (Wildman–Crippen LogP) is 2.13. The Morgan fingerprint density at radius 2 is 1.93 bits per heavy atom. The van der Waals surface area contributed by atoms with Gasteiger partial charge in [0.2, 0.25) is 0 Å². The molecule has 0 N–H and O–H groups in total. The lowest BCUT2D eigenvalue weighted by atomic mass is 10.3. The van der Waals surface area contributed by atoms with Crippen molar-refractivity contribution in [3.63, 3.8) is 0 Å². The van der Waals surface area contributed by atoms with E-state index in [9.17, 15) is 0 Å². The summed E-state index contributed by atoms with van der Waals surface area (Å²) in [5.41, 5.74) is 0.843. The van der Waals surface area contributed by atoms with Crippen LogP contribution in [0.25, 0.3) is 0 Å². The first-order valence-electron chi connectivity index (χ1n) is 4.41. The molecule has 0 aliphatic heterocycles. The van der Waals surface area contributed by atoms with Gasteiger partial charge in [-0.3, -0.25) is 0 Å². The number of hydrogen-bond donors (Lipinski definition) is 0. The summed E-state index contributed by atoms with van der Waals surface area (Å²) in [6, 6.07) is 7.43. The molecule has 0 unspecified atom stereocenters. The summed E-state index contributed by atoms with van der Waals surface area (Å²) < 4.78 is 14.3. The number of methoxy groups -OCH3 is 1. The zero-order valence-electron chi connectivity index (χ0n) is 8.21. The lowest BCUT2D eigenvalue weighted by molar-refractivity contribution is 0.300. The molecule has 0 atom stereocenters. The molecule has 0 radical (unpaired) electrons. The molecule has 0 saturated heterocycles. The third kappa shape index (κ3) is 2.66. The molecule has 1 aromatic carbocycles. The van der Waals surface area contributed by atoms with E-state index in [4.69, 9.17) is 9.47 Å². The van der Waals surface area contributed by atoms with Crippen molar-refractivity contribution in [1.29, 1.82) is 0 Å². The first-order valence-corrected chi connectivity index (χ1v) is 5.25. The molecule has 2 rings (SSSR count). The topological polar surface area (TPSA) is 44.2 Å². The Bertz CT molecular complexity index is 400. The predicted molar refractivity (Wildman–Crippen MR) is 57.2 cm³/mol. The smallest absolute Gasteiger partial charge is 0.133 e. The number of benzene rings is 1. The molecule has 2 aromatic rings. The van der Waals surface area contributed by atoms with Gasteiger partial charge < -0.3 is 9.47 Å². The van der Waals surface area contributed by atoms with Gasteiger partial charge in [0.1, 0.15) is 23.8 Å². The van der Waals surface area contributed by atoms with E-state index in [1.807, 2.05) is 29.6 Å². The molecular formula is C10H10N2O2S. The Morgan fingerprint density at radius 3 is 2.53 bits per heavy atom. The second kappa shape index (κ2) is 4.75. The molecule has 0 saturated carbocycles. The van der Waals surface area contributed by atoms with Crippen LogP contribution in [0.3, 0.4) is 0 Å². The van der Waals surface area contributed by atoms with Crippen molar-refractivity contribution in [2.24, 2.45) is 0 Å². The van der Waals surface area contributed by atoms with Gasteiger partial charge in [-0.1, -0.05) is 4.49 Å². The Morgan fingerprint density at radius 1 is 1.20 bits per heavy atom. The van der Waals surface area contributed by atoms with E-state index in [1.165, 1.54) is 11.5 Å². The molecule has 0 aliphatic rings. The SMILES string of the molecule is COc1ccc(OCc2csnn2)cc1. The van der Waals surface area contributed by atoms with Crippen LogP contribution in [-0.2, 0) is 6.61 Å². The maximum Gasteiger partial charge on any atom is 0.133 e. The van der Waals surface area contributed by atoms with Gasteiger partial charge in [-0.05, 0) is 35.8 Å². The molecule has 0 amide bonds. The zero-order chi connectivity index (χ0) is 10.5. The van der Waals surface area contributed by atoms with Crippen LogP contribution in [0.15, 0.2) is 29.6 Å². The Hall–Kier alpha value is -1.62. The fraction of sp³-hybridized carbons (Fsp3) is 0.200. The van der Waals surface area contributed by atoms with E-state index >= 15 is 0 Å². The largest absolute Gasteiger partial charge is 0.497 e. The fourth-order valence-corrected chi connectivity index (χ4v) is 1.51. The fourth-order valence-electron chi connectivity index (χ4n) is 1.08. The monoisotopic (exact) mass is 222 g/mol. The van der Waals surface area contributed by atoms with Crippen molar-refractivity contribution in [3.8, 4) is 11.5 Å². The number of nitrogens with zero attached hydrogens (tertiary/aromatic N) is 2. The highest BCUT2D eigenvalue weighted by molar-refractivity contribution is 7.03. The molecule has 0 fully saturated rings. The summed E-state index contributed by atoms with van der Waals surface area (Å²) in [6.45, 7) is 0.447. The zero-order valence-corrected chi connectivity index (χ0v) is 9.03. The Kier molecular flexibility index (Phi) is 3.14. The van der Waals surface area contributed by atoms with Gasteiger partial charge in [0.15, 0.2) is 0 Å². The van der Waals surface area contributed by atoms with E-state index in [-0.39, 0.29) is 0 Å². The molecule has 1 heterocycles. The Labute approximate surface area is 91.6 Å². The average Bonchev–Trinajstić information content (AvgIpc) is 2.80. The summed E-state index contributed by atoms with van der Waals surface area (Å²) in [5.74, 6) is 1.61. The Balaban J connectivity index is 1.93. The minimum Gasteiger partial charge on any atom is -0.497 e. The molecule has 15 heavy (non-hydrogen) atoms. The van der Waals surface area contributed by atoms with Crippen molar-refractivity contribution in [2.45, 2.75) is 6.61 Å². The van der Waals surface area contributed by atoms with Crippen LogP contribution >= 0.6 is 11.5 Å². The molecule has 1 aromatic heterocycles. The van der Waals surface area contributed by atoms with Gasteiger partial charge in [0.25, 0.3) is 0 Å². The number of hydrogen-bond acceptors (Lipinski definition) is 5. The van der Waals surface area contributed by atoms with Crippen molar-refractivity contribution >= 4 is 11.5 Å². The number of aromatic nitrogens is 2. The summed E-state index contributed by atoms with van der Waals surface area (Å²) >= 11 is 1.32. The molecule has 0 aliphatic carbocycles. The lowest BCUT2D eigenvalue weighted by Gasteiger charge is -2.04. The van der Waals surface area contributed by atoms with E-state index in [1.54, 1.807) is 7.11 Å². The first-order chi connectivity index (χ1) is 7.38. The van der Waals surface area contributed by atoms with Crippen LogP contribution in [0.2, 0.25) is 0 Å². The minimum atomic E-state index is 0.447. The number of ether oxygens (including phenoxy) is 2. The molecule has 78 valence electrons. The van der Waals surface area contributed by atoms with E-state index in [2.05, 4.69) is 9.59 Å². The van der Waals surface area contributed by atoms with E-state index in [0.717, 1.165) is 17.2 Å². The van der Waals surface area contributed by atoms with Crippen molar-refractivity contribution < 1.29 is 9.47 Å². The van der Waals surface area contributed by atoms with Crippen LogP contribution < -0.4 is 9.47 Å². The normalized spacial score (nSPS) is 9.93. The van der Waals surface area contributed by atoms with Crippen molar-refractivity contribution in [1.82, 2.24) is 9.59 Å². The van der Waals surface area contributed by atoms with E-state index in [0.29, 0.717) is 6.61 Å². The second-order valence-electron chi connectivity index (χ2n) is 2.86. The molecule has 0 bridgehead atoms. The summed E-state index contributed by atoms with van der Waals surface area (Å²) in [5, 5.41) is 5.75. The molecule has 5 heteroatoms. The third-order valence-corrected chi connectivity index (χ3v) is 2.40. The highest BCUT2D eigenvalue weighted by Crippen LogP contribution is 2.17. The highest BCUT2D eigenvalue weighted by atomic mass is 32.1. The maximum atomic E-state index is 5.50. The van der Waals surface area contributed by atoms with Gasteiger partial charge in [0, 0.05) is 5.38 Å². The molecular weight excluding hydrogens is 212 g/mol. The van der Waals surface area contributed by atoms with Gasteiger partial charge in [-0.25, -0.2) is 0 Å². The van der Waals surface area contributed by atoms with Gasteiger partial charge in [-0.15, -0.1) is 5.10 Å². The second-order valence-corrected chi connectivity index (χ2v) is 3.47. The van der Waals surface area contributed by atoms with Gasteiger partial charge in [0.05, 0.1) is 7.11 Å².